The summed E-state index contributed by atoms with van der Waals surface area (Å²) in [6, 6.07) is 0. The van der Waals surface area contributed by atoms with Crippen molar-refractivity contribution in [1.29, 1.82) is 0 Å². The zero-order chi connectivity index (χ0) is 10.3. The molecular formula is C11H19NO2. The maximum absolute atomic E-state index is 11.0. The van der Waals surface area contributed by atoms with Gasteiger partial charge in [-0.25, -0.2) is 0 Å². The van der Waals surface area contributed by atoms with Crippen LogP contribution in [0.2, 0.25) is 0 Å². The van der Waals surface area contributed by atoms with Gasteiger partial charge in [-0.1, -0.05) is 13.8 Å². The number of carboxylic acid groups (broad SMARTS) is 1. The lowest BCUT2D eigenvalue weighted by Gasteiger charge is -2.49. The van der Waals surface area contributed by atoms with E-state index in [2.05, 4.69) is 19.2 Å². The Morgan fingerprint density at radius 1 is 1.50 bits per heavy atom. The van der Waals surface area contributed by atoms with Gasteiger partial charge in [-0.3, -0.25) is 4.79 Å². The Kier molecular flexibility index (Phi) is 2.30. The van der Waals surface area contributed by atoms with Crippen molar-refractivity contribution in [3.8, 4) is 0 Å². The Morgan fingerprint density at radius 3 is 2.64 bits per heavy atom. The molecule has 2 N–H and O–H groups in total. The van der Waals surface area contributed by atoms with Crippen LogP contribution in [0.5, 0.6) is 0 Å². The number of rotatable bonds is 2. The second kappa shape index (κ2) is 3.23. The molecule has 1 unspecified atom stereocenters. The third kappa shape index (κ3) is 1.34. The van der Waals surface area contributed by atoms with Crippen molar-refractivity contribution in [2.45, 2.75) is 26.7 Å². The summed E-state index contributed by atoms with van der Waals surface area (Å²) >= 11 is 0. The van der Waals surface area contributed by atoms with Crippen LogP contribution < -0.4 is 5.32 Å². The molecule has 0 amide bonds. The first-order chi connectivity index (χ1) is 6.55. The van der Waals surface area contributed by atoms with E-state index in [4.69, 9.17) is 5.11 Å². The van der Waals surface area contributed by atoms with Gasteiger partial charge in [0.1, 0.15) is 0 Å². The summed E-state index contributed by atoms with van der Waals surface area (Å²) in [7, 11) is 0. The highest BCUT2D eigenvalue weighted by Gasteiger charge is 2.55. The van der Waals surface area contributed by atoms with Crippen molar-refractivity contribution in [3.05, 3.63) is 0 Å². The number of carbonyl (C=O) groups is 1. The van der Waals surface area contributed by atoms with Crippen molar-refractivity contribution in [2.75, 3.05) is 13.1 Å². The minimum atomic E-state index is -0.614. The van der Waals surface area contributed by atoms with Gasteiger partial charge in [0.25, 0.3) is 0 Å². The molecule has 80 valence electrons. The molecule has 0 radical (unpaired) electrons. The molecule has 1 saturated carbocycles. The second-order valence-corrected chi connectivity index (χ2v) is 5.30. The number of aliphatic carboxylic acids is 1. The summed E-state index contributed by atoms with van der Waals surface area (Å²) in [6.45, 7) is 6.04. The Balaban J connectivity index is 2.02. The van der Waals surface area contributed by atoms with Gasteiger partial charge in [-0.2, -0.15) is 0 Å². The number of carboxylic acids is 1. The van der Waals surface area contributed by atoms with Crippen LogP contribution in [-0.2, 0) is 4.79 Å². The van der Waals surface area contributed by atoms with Crippen LogP contribution in [0.3, 0.4) is 0 Å². The average molecular weight is 197 g/mol. The topological polar surface area (TPSA) is 49.3 Å². The monoisotopic (exact) mass is 197 g/mol. The summed E-state index contributed by atoms with van der Waals surface area (Å²) in [5, 5.41) is 12.3. The highest BCUT2D eigenvalue weighted by molar-refractivity contribution is 5.72. The fourth-order valence-corrected chi connectivity index (χ4v) is 3.04. The van der Waals surface area contributed by atoms with Crippen molar-refractivity contribution >= 4 is 5.97 Å². The van der Waals surface area contributed by atoms with E-state index >= 15 is 0 Å². The van der Waals surface area contributed by atoms with E-state index in [-0.39, 0.29) is 11.3 Å². The molecule has 0 aromatic carbocycles. The van der Waals surface area contributed by atoms with E-state index < -0.39 is 5.97 Å². The van der Waals surface area contributed by atoms with E-state index in [1.54, 1.807) is 0 Å². The van der Waals surface area contributed by atoms with Crippen LogP contribution in [0.25, 0.3) is 0 Å². The maximum Gasteiger partial charge on any atom is 0.308 e. The average Bonchev–Trinajstić information content (AvgIpc) is 2.43. The van der Waals surface area contributed by atoms with Crippen LogP contribution in [0, 0.1) is 23.2 Å². The van der Waals surface area contributed by atoms with Crippen LogP contribution in [-0.4, -0.2) is 24.2 Å². The molecule has 1 saturated heterocycles. The summed E-state index contributed by atoms with van der Waals surface area (Å²) < 4.78 is 0. The smallest absolute Gasteiger partial charge is 0.308 e. The number of hydrogen-bond donors (Lipinski definition) is 2. The lowest BCUT2D eigenvalue weighted by Crippen LogP contribution is -2.47. The van der Waals surface area contributed by atoms with Gasteiger partial charge in [0, 0.05) is 13.1 Å². The lowest BCUT2D eigenvalue weighted by atomic mass is 9.55. The molecule has 0 bridgehead atoms. The predicted molar refractivity (Wildman–Crippen MR) is 54.0 cm³/mol. The first kappa shape index (κ1) is 9.97. The first-order valence-electron chi connectivity index (χ1n) is 5.49. The summed E-state index contributed by atoms with van der Waals surface area (Å²) in [5.74, 6) is 0.696. The fourth-order valence-electron chi connectivity index (χ4n) is 3.04. The number of nitrogens with one attached hydrogen (secondary N) is 1. The third-order valence-electron chi connectivity index (χ3n) is 4.14. The lowest BCUT2D eigenvalue weighted by molar-refractivity contribution is -0.149. The highest BCUT2D eigenvalue weighted by Crippen LogP contribution is 2.54. The van der Waals surface area contributed by atoms with E-state index in [1.807, 2.05) is 0 Å². The molecule has 2 rings (SSSR count). The van der Waals surface area contributed by atoms with Gasteiger partial charge in [0.2, 0.25) is 0 Å². The molecule has 0 aromatic heterocycles. The van der Waals surface area contributed by atoms with Crippen LogP contribution in [0.15, 0.2) is 0 Å². The first-order valence-corrected chi connectivity index (χ1v) is 5.49. The molecule has 3 heteroatoms. The van der Waals surface area contributed by atoms with Gasteiger partial charge < -0.3 is 10.4 Å². The molecule has 1 atom stereocenters. The van der Waals surface area contributed by atoms with Gasteiger partial charge >= 0.3 is 5.97 Å². The number of hydrogen-bond acceptors (Lipinski definition) is 2. The fraction of sp³-hybridized carbons (Fsp3) is 0.909. The largest absolute Gasteiger partial charge is 0.481 e. The molecule has 1 spiro atoms. The minimum Gasteiger partial charge on any atom is -0.481 e. The molecular weight excluding hydrogens is 178 g/mol. The van der Waals surface area contributed by atoms with Crippen molar-refractivity contribution < 1.29 is 9.90 Å². The zero-order valence-corrected chi connectivity index (χ0v) is 8.92. The van der Waals surface area contributed by atoms with Crippen LogP contribution in [0.4, 0.5) is 0 Å². The minimum absolute atomic E-state index is 0.0980. The van der Waals surface area contributed by atoms with Crippen molar-refractivity contribution in [2.24, 2.45) is 23.2 Å². The SMILES string of the molecule is CC(C)C1CC2(CNCC2C(=O)O)C1. The van der Waals surface area contributed by atoms with Crippen molar-refractivity contribution in [3.63, 3.8) is 0 Å². The molecule has 1 aliphatic heterocycles. The molecule has 0 aromatic rings. The van der Waals surface area contributed by atoms with Gasteiger partial charge in [0.05, 0.1) is 5.92 Å². The molecule has 2 aliphatic rings. The molecule has 1 heterocycles. The Bertz CT molecular complexity index is 244. The van der Waals surface area contributed by atoms with Gasteiger partial charge in [0.15, 0.2) is 0 Å². The molecule has 2 fully saturated rings. The van der Waals surface area contributed by atoms with E-state index in [0.717, 1.165) is 25.3 Å². The molecule has 3 nitrogen and oxygen atoms in total. The van der Waals surface area contributed by atoms with E-state index in [0.29, 0.717) is 12.5 Å². The second-order valence-electron chi connectivity index (χ2n) is 5.30. The van der Waals surface area contributed by atoms with E-state index in [1.165, 1.54) is 0 Å². The molecule has 14 heavy (non-hydrogen) atoms. The quantitative estimate of drug-likeness (QED) is 0.702. The van der Waals surface area contributed by atoms with Crippen molar-refractivity contribution in [1.82, 2.24) is 5.32 Å². The Morgan fingerprint density at radius 2 is 2.14 bits per heavy atom. The van der Waals surface area contributed by atoms with E-state index in [9.17, 15) is 4.79 Å². The maximum atomic E-state index is 11.0. The van der Waals surface area contributed by atoms with Crippen LogP contribution in [0.1, 0.15) is 26.7 Å². The summed E-state index contributed by atoms with van der Waals surface area (Å²) in [6.07, 6.45) is 2.21. The normalized spacial score (nSPS) is 41.6. The third-order valence-corrected chi connectivity index (χ3v) is 4.14. The van der Waals surface area contributed by atoms with Crippen LogP contribution >= 0.6 is 0 Å². The standard InChI is InChI=1S/C11H19NO2/c1-7(2)8-3-11(4-8)6-12-5-9(11)10(13)14/h7-9,12H,3-6H2,1-2H3,(H,13,14). The molecule has 1 aliphatic carbocycles. The summed E-state index contributed by atoms with van der Waals surface area (Å²) in [4.78, 5) is 11.0. The predicted octanol–water partition coefficient (Wildman–Crippen LogP) is 1.34. The Hall–Kier alpha value is -0.570. The Labute approximate surface area is 84.9 Å². The summed E-state index contributed by atoms with van der Waals surface area (Å²) in [5.41, 5.74) is 0.0980. The van der Waals surface area contributed by atoms with Gasteiger partial charge in [-0.05, 0) is 30.1 Å². The zero-order valence-electron chi connectivity index (χ0n) is 8.92. The van der Waals surface area contributed by atoms with Gasteiger partial charge in [-0.15, -0.1) is 0 Å². The highest BCUT2D eigenvalue weighted by atomic mass is 16.4.